The molecule has 0 fully saturated rings. The third-order valence-corrected chi connectivity index (χ3v) is 2.80. The number of benzene rings is 1. The number of ether oxygens (including phenoxy) is 1. The van der Waals surface area contributed by atoms with E-state index in [0.29, 0.717) is 17.2 Å². The summed E-state index contributed by atoms with van der Waals surface area (Å²) < 4.78 is 18.6. The molecule has 94 valence electrons. The maximum absolute atomic E-state index is 13.0. The lowest BCUT2D eigenvalue weighted by molar-refractivity contribution is 0.451. The Labute approximate surface area is 105 Å². The van der Waals surface area contributed by atoms with Crippen LogP contribution in [-0.4, -0.2) is 4.98 Å². The van der Waals surface area contributed by atoms with Gasteiger partial charge in [-0.1, -0.05) is 6.07 Å². The molecule has 0 bridgehead atoms. The van der Waals surface area contributed by atoms with Crippen LogP contribution in [0.25, 0.3) is 0 Å². The highest BCUT2D eigenvalue weighted by Gasteiger charge is 2.07. The van der Waals surface area contributed by atoms with Crippen molar-refractivity contribution in [2.24, 2.45) is 5.73 Å². The van der Waals surface area contributed by atoms with Crippen LogP contribution in [0.4, 0.5) is 4.39 Å². The molecular weight excluding hydrogens is 231 g/mol. The third-order valence-electron chi connectivity index (χ3n) is 2.80. The highest BCUT2D eigenvalue weighted by Crippen LogP contribution is 2.25. The lowest BCUT2D eigenvalue weighted by Gasteiger charge is -2.10. The molecule has 0 amide bonds. The average molecular weight is 246 g/mol. The second-order valence-electron chi connectivity index (χ2n) is 4.17. The summed E-state index contributed by atoms with van der Waals surface area (Å²) in [5.74, 6) is 0.608. The van der Waals surface area contributed by atoms with Crippen molar-refractivity contribution in [2.75, 3.05) is 0 Å². The molecule has 1 heterocycles. The molecular formula is C14H15FN2O. The minimum atomic E-state index is -0.414. The van der Waals surface area contributed by atoms with Gasteiger partial charge in [0.25, 0.3) is 0 Å². The predicted molar refractivity (Wildman–Crippen MR) is 68.1 cm³/mol. The monoisotopic (exact) mass is 246 g/mol. The number of hydrogen-bond acceptors (Lipinski definition) is 3. The van der Waals surface area contributed by atoms with Gasteiger partial charge in [0.05, 0.1) is 6.20 Å². The van der Waals surface area contributed by atoms with E-state index in [9.17, 15) is 4.39 Å². The highest BCUT2D eigenvalue weighted by molar-refractivity contribution is 5.37. The van der Waals surface area contributed by atoms with E-state index in [4.69, 9.17) is 10.5 Å². The maximum Gasteiger partial charge on any atom is 0.223 e. The van der Waals surface area contributed by atoms with Gasteiger partial charge in [0.15, 0.2) is 0 Å². The van der Waals surface area contributed by atoms with Crippen LogP contribution in [0.15, 0.2) is 30.5 Å². The number of aryl methyl sites for hydroxylation is 2. The largest absolute Gasteiger partial charge is 0.439 e. The zero-order valence-electron chi connectivity index (χ0n) is 10.4. The van der Waals surface area contributed by atoms with E-state index in [-0.39, 0.29) is 6.54 Å². The van der Waals surface area contributed by atoms with E-state index in [1.807, 2.05) is 32.0 Å². The number of hydrogen-bond donors (Lipinski definition) is 1. The molecule has 1 aromatic heterocycles. The summed E-state index contributed by atoms with van der Waals surface area (Å²) in [5.41, 5.74) is 8.41. The van der Waals surface area contributed by atoms with Crippen LogP contribution >= 0.6 is 0 Å². The lowest BCUT2D eigenvalue weighted by atomic mass is 10.1. The Kier molecular flexibility index (Phi) is 3.58. The minimum Gasteiger partial charge on any atom is -0.439 e. The first-order valence-electron chi connectivity index (χ1n) is 5.69. The molecule has 1 aromatic carbocycles. The average Bonchev–Trinajstić information content (AvgIpc) is 2.36. The molecule has 0 aliphatic rings. The molecule has 18 heavy (non-hydrogen) atoms. The second kappa shape index (κ2) is 5.14. The fourth-order valence-corrected chi connectivity index (χ4v) is 1.60. The minimum absolute atomic E-state index is 0.185. The maximum atomic E-state index is 13.0. The van der Waals surface area contributed by atoms with Gasteiger partial charge >= 0.3 is 0 Å². The number of rotatable bonds is 3. The topological polar surface area (TPSA) is 48.1 Å². The van der Waals surface area contributed by atoms with Crippen molar-refractivity contribution < 1.29 is 9.13 Å². The summed E-state index contributed by atoms with van der Waals surface area (Å²) in [4.78, 5) is 3.92. The van der Waals surface area contributed by atoms with Gasteiger partial charge in [-0.3, -0.25) is 0 Å². The van der Waals surface area contributed by atoms with Crippen LogP contribution in [0.2, 0.25) is 0 Å². The molecule has 2 rings (SSSR count). The van der Waals surface area contributed by atoms with Gasteiger partial charge in [-0.25, -0.2) is 9.37 Å². The molecule has 0 aliphatic carbocycles. The Bertz CT molecular complexity index is 570. The Morgan fingerprint density at radius 3 is 2.67 bits per heavy atom. The fourth-order valence-electron chi connectivity index (χ4n) is 1.60. The van der Waals surface area contributed by atoms with E-state index in [1.165, 1.54) is 11.6 Å². The summed E-state index contributed by atoms with van der Waals surface area (Å²) in [5, 5.41) is 0. The Morgan fingerprint density at radius 2 is 2.00 bits per heavy atom. The van der Waals surface area contributed by atoms with Crippen LogP contribution in [0.5, 0.6) is 11.6 Å². The number of nitrogens with two attached hydrogens (primary N) is 1. The summed E-state index contributed by atoms with van der Waals surface area (Å²) in [6, 6.07) is 7.08. The summed E-state index contributed by atoms with van der Waals surface area (Å²) in [7, 11) is 0. The van der Waals surface area contributed by atoms with Crippen molar-refractivity contribution in [3.63, 3.8) is 0 Å². The zero-order valence-corrected chi connectivity index (χ0v) is 10.4. The van der Waals surface area contributed by atoms with Crippen LogP contribution < -0.4 is 10.5 Å². The van der Waals surface area contributed by atoms with Crippen molar-refractivity contribution >= 4 is 0 Å². The molecule has 0 aliphatic heterocycles. The van der Waals surface area contributed by atoms with E-state index >= 15 is 0 Å². The first-order valence-corrected chi connectivity index (χ1v) is 5.69. The van der Waals surface area contributed by atoms with Gasteiger partial charge in [-0.05, 0) is 43.2 Å². The highest BCUT2D eigenvalue weighted by atomic mass is 19.1. The Balaban J connectivity index is 2.30. The van der Waals surface area contributed by atoms with Gasteiger partial charge in [0, 0.05) is 12.1 Å². The zero-order chi connectivity index (χ0) is 13.1. The van der Waals surface area contributed by atoms with E-state index in [2.05, 4.69) is 4.98 Å². The van der Waals surface area contributed by atoms with Crippen LogP contribution in [-0.2, 0) is 6.54 Å². The first-order chi connectivity index (χ1) is 8.60. The third kappa shape index (κ3) is 2.65. The molecule has 3 nitrogen and oxygen atoms in total. The van der Waals surface area contributed by atoms with Gasteiger partial charge in [0.2, 0.25) is 5.88 Å². The van der Waals surface area contributed by atoms with Gasteiger partial charge in [0.1, 0.15) is 11.6 Å². The molecule has 0 atom stereocenters. The molecule has 0 unspecified atom stereocenters. The standard InChI is InChI=1S/C14H15FN2O/c1-9-3-4-13(5-10(9)2)18-14-11(7-16)6-12(15)8-17-14/h3-6,8H,7,16H2,1-2H3. The molecule has 2 N–H and O–H groups in total. The Morgan fingerprint density at radius 1 is 1.22 bits per heavy atom. The van der Waals surface area contributed by atoms with Crippen molar-refractivity contribution in [3.8, 4) is 11.6 Å². The first kappa shape index (κ1) is 12.5. The second-order valence-corrected chi connectivity index (χ2v) is 4.17. The van der Waals surface area contributed by atoms with E-state index < -0.39 is 5.82 Å². The normalized spacial score (nSPS) is 10.4. The van der Waals surface area contributed by atoms with Crippen LogP contribution in [0.3, 0.4) is 0 Å². The van der Waals surface area contributed by atoms with Crippen molar-refractivity contribution in [3.05, 3.63) is 53.0 Å². The Hall–Kier alpha value is -1.94. The molecule has 4 heteroatoms. The van der Waals surface area contributed by atoms with Gasteiger partial charge < -0.3 is 10.5 Å². The summed E-state index contributed by atoms with van der Waals surface area (Å²) in [6.45, 7) is 4.22. The smallest absolute Gasteiger partial charge is 0.223 e. The quantitative estimate of drug-likeness (QED) is 0.905. The molecule has 0 radical (unpaired) electrons. The number of pyridine rings is 1. The molecule has 0 saturated heterocycles. The van der Waals surface area contributed by atoms with Gasteiger partial charge in [-0.2, -0.15) is 0 Å². The number of nitrogens with zero attached hydrogens (tertiary/aromatic N) is 1. The number of halogens is 1. The lowest BCUT2D eigenvalue weighted by Crippen LogP contribution is -2.02. The fraction of sp³-hybridized carbons (Fsp3) is 0.214. The molecule has 0 spiro atoms. The van der Waals surface area contributed by atoms with E-state index in [0.717, 1.165) is 11.8 Å². The molecule has 2 aromatic rings. The number of aromatic nitrogens is 1. The van der Waals surface area contributed by atoms with Crippen LogP contribution in [0.1, 0.15) is 16.7 Å². The van der Waals surface area contributed by atoms with Gasteiger partial charge in [-0.15, -0.1) is 0 Å². The van der Waals surface area contributed by atoms with E-state index in [1.54, 1.807) is 0 Å². The van der Waals surface area contributed by atoms with Crippen molar-refractivity contribution in [2.45, 2.75) is 20.4 Å². The summed E-state index contributed by atoms with van der Waals surface area (Å²) >= 11 is 0. The molecule has 0 saturated carbocycles. The SMILES string of the molecule is Cc1ccc(Oc2ncc(F)cc2CN)cc1C. The predicted octanol–water partition coefficient (Wildman–Crippen LogP) is 3.09. The van der Waals surface area contributed by atoms with Crippen LogP contribution in [0, 0.1) is 19.7 Å². The summed E-state index contributed by atoms with van der Waals surface area (Å²) in [6.07, 6.45) is 1.12. The van der Waals surface area contributed by atoms with Crippen molar-refractivity contribution in [1.29, 1.82) is 0 Å². The van der Waals surface area contributed by atoms with Crippen molar-refractivity contribution in [1.82, 2.24) is 4.98 Å².